The van der Waals surface area contributed by atoms with Crippen LogP contribution in [0.3, 0.4) is 0 Å². The molecule has 0 N–H and O–H groups in total. The zero-order valence-electron chi connectivity index (χ0n) is 11.7. The number of carbonyl (C=O) groups is 2. The molecule has 108 valence electrons. The number of hydrogen-bond acceptors (Lipinski definition) is 4. The number of benzene rings is 1. The quantitative estimate of drug-likeness (QED) is 0.760. The molecule has 1 aromatic carbocycles. The molecule has 1 aromatic rings. The molecule has 1 aliphatic heterocycles. The molecule has 0 unspecified atom stereocenters. The van der Waals surface area contributed by atoms with Gasteiger partial charge < -0.3 is 9.64 Å². The number of likely N-dealkylation sites (N-methyl/N-ethyl adjacent to an activating group) is 1. The van der Waals surface area contributed by atoms with Crippen molar-refractivity contribution in [3.8, 4) is 5.75 Å². The van der Waals surface area contributed by atoms with Crippen LogP contribution in [0.2, 0.25) is 0 Å². The third kappa shape index (κ3) is 3.27. The van der Waals surface area contributed by atoms with Crippen molar-refractivity contribution < 1.29 is 19.2 Å². The lowest BCUT2D eigenvalue weighted by Crippen LogP contribution is -2.30. The maximum Gasteiger partial charge on any atom is 0.283 e. The highest BCUT2D eigenvalue weighted by Gasteiger charge is 2.21. The molecule has 20 heavy (non-hydrogen) atoms. The first-order chi connectivity index (χ1) is 9.61. The summed E-state index contributed by atoms with van der Waals surface area (Å²) in [5.41, 5.74) is 0.861. The van der Waals surface area contributed by atoms with Crippen molar-refractivity contribution in [3.63, 3.8) is 0 Å². The van der Waals surface area contributed by atoms with E-state index >= 15 is 0 Å². The van der Waals surface area contributed by atoms with Crippen LogP contribution < -0.4 is 9.64 Å². The Bertz CT molecular complexity index is 486. The van der Waals surface area contributed by atoms with Gasteiger partial charge in [0.15, 0.2) is 6.61 Å². The third-order valence-corrected chi connectivity index (χ3v) is 3.21. The molecule has 0 atom stereocenters. The minimum Gasteiger partial charge on any atom is -0.484 e. The molecule has 0 aliphatic carbocycles. The molecule has 6 heteroatoms. The van der Waals surface area contributed by atoms with Gasteiger partial charge in [0.1, 0.15) is 5.75 Å². The van der Waals surface area contributed by atoms with E-state index in [0.29, 0.717) is 12.2 Å². The lowest BCUT2D eigenvalue weighted by atomic mass is 10.3. The summed E-state index contributed by atoms with van der Waals surface area (Å²) >= 11 is 0. The van der Waals surface area contributed by atoms with Gasteiger partial charge in [-0.15, -0.1) is 0 Å². The van der Waals surface area contributed by atoms with Crippen molar-refractivity contribution in [2.24, 2.45) is 0 Å². The Morgan fingerprint density at radius 3 is 2.60 bits per heavy atom. The summed E-state index contributed by atoms with van der Waals surface area (Å²) < 4.78 is 5.36. The maximum absolute atomic E-state index is 11.6. The van der Waals surface area contributed by atoms with Crippen LogP contribution in [0, 0.1) is 0 Å². The van der Waals surface area contributed by atoms with Crippen LogP contribution in [0.5, 0.6) is 5.75 Å². The number of anilines is 1. The van der Waals surface area contributed by atoms with Crippen LogP contribution >= 0.6 is 0 Å². The van der Waals surface area contributed by atoms with Gasteiger partial charge in [0.05, 0.1) is 7.11 Å². The Hall–Kier alpha value is -2.08. The van der Waals surface area contributed by atoms with Gasteiger partial charge in [-0.1, -0.05) is 0 Å². The summed E-state index contributed by atoms with van der Waals surface area (Å²) in [6.45, 7) is 0.669. The van der Waals surface area contributed by atoms with Crippen LogP contribution in [0.25, 0.3) is 0 Å². The van der Waals surface area contributed by atoms with Crippen molar-refractivity contribution in [1.82, 2.24) is 5.06 Å². The van der Waals surface area contributed by atoms with Gasteiger partial charge in [0.25, 0.3) is 5.91 Å². The summed E-state index contributed by atoms with van der Waals surface area (Å²) in [6.07, 6.45) is 1.51. The van der Waals surface area contributed by atoms with E-state index in [1.807, 2.05) is 12.1 Å². The Morgan fingerprint density at radius 2 is 2.05 bits per heavy atom. The molecule has 2 amide bonds. The van der Waals surface area contributed by atoms with Crippen molar-refractivity contribution in [2.75, 3.05) is 32.2 Å². The molecule has 1 fully saturated rings. The van der Waals surface area contributed by atoms with Gasteiger partial charge in [-0.05, 0) is 30.7 Å². The average Bonchev–Trinajstić information content (AvgIpc) is 2.90. The maximum atomic E-state index is 11.6. The number of rotatable bonds is 5. The molecule has 1 heterocycles. The summed E-state index contributed by atoms with van der Waals surface area (Å²) in [4.78, 5) is 29.6. The number of nitrogens with zero attached hydrogens (tertiary/aromatic N) is 2. The molecule has 0 radical (unpaired) electrons. The normalized spacial score (nSPS) is 14.5. The first-order valence-corrected chi connectivity index (χ1v) is 6.45. The zero-order chi connectivity index (χ0) is 14.5. The third-order valence-electron chi connectivity index (χ3n) is 3.21. The standard InChI is InChI=1S/C14H18N2O4/c1-15(19-2)14(18)10-20-12-7-5-11(6-8-12)16-9-3-4-13(16)17/h5-8H,3-4,9-10H2,1-2H3. The Labute approximate surface area is 117 Å². The van der Waals surface area contributed by atoms with E-state index in [2.05, 4.69) is 0 Å². The Morgan fingerprint density at radius 1 is 1.35 bits per heavy atom. The second-order valence-electron chi connectivity index (χ2n) is 4.51. The fraction of sp³-hybridized carbons (Fsp3) is 0.429. The lowest BCUT2D eigenvalue weighted by molar-refractivity contribution is -0.170. The van der Waals surface area contributed by atoms with Crippen molar-refractivity contribution >= 4 is 17.5 Å². The number of hydroxylamine groups is 2. The first-order valence-electron chi connectivity index (χ1n) is 6.45. The van der Waals surface area contributed by atoms with E-state index in [9.17, 15) is 9.59 Å². The SMILES string of the molecule is CON(C)C(=O)COc1ccc(N2CCCC2=O)cc1. The van der Waals surface area contributed by atoms with Crippen LogP contribution in [0.15, 0.2) is 24.3 Å². The van der Waals surface area contributed by atoms with Crippen molar-refractivity contribution in [1.29, 1.82) is 0 Å². The minimum absolute atomic E-state index is 0.0909. The minimum atomic E-state index is -0.272. The predicted octanol–water partition coefficient (Wildman–Crippen LogP) is 1.21. The highest BCUT2D eigenvalue weighted by atomic mass is 16.7. The monoisotopic (exact) mass is 278 g/mol. The largest absolute Gasteiger partial charge is 0.484 e. The summed E-state index contributed by atoms with van der Waals surface area (Å²) in [6, 6.07) is 7.15. The van der Waals surface area contributed by atoms with Crippen LogP contribution in [-0.2, 0) is 14.4 Å². The predicted molar refractivity (Wildman–Crippen MR) is 73.3 cm³/mol. The Kier molecular flexibility index (Phi) is 4.57. The summed E-state index contributed by atoms with van der Waals surface area (Å²) in [7, 11) is 2.94. The smallest absolute Gasteiger partial charge is 0.283 e. The summed E-state index contributed by atoms with van der Waals surface area (Å²) in [5, 5.41) is 1.11. The van der Waals surface area contributed by atoms with E-state index in [1.165, 1.54) is 14.2 Å². The number of carbonyl (C=O) groups excluding carboxylic acids is 2. The van der Waals surface area contributed by atoms with E-state index in [0.717, 1.165) is 23.7 Å². The van der Waals surface area contributed by atoms with Gasteiger partial charge in [0.2, 0.25) is 5.91 Å². The topological polar surface area (TPSA) is 59.1 Å². The highest BCUT2D eigenvalue weighted by molar-refractivity contribution is 5.95. The molecule has 0 bridgehead atoms. The fourth-order valence-corrected chi connectivity index (χ4v) is 1.98. The van der Waals surface area contributed by atoms with Crippen LogP contribution in [0.4, 0.5) is 5.69 Å². The molecule has 1 saturated heterocycles. The molecule has 2 rings (SSSR count). The fourth-order valence-electron chi connectivity index (χ4n) is 1.98. The van der Waals surface area contributed by atoms with Crippen LogP contribution in [-0.4, -0.2) is 44.2 Å². The van der Waals surface area contributed by atoms with Crippen molar-refractivity contribution in [3.05, 3.63) is 24.3 Å². The van der Waals surface area contributed by atoms with Crippen LogP contribution in [0.1, 0.15) is 12.8 Å². The molecule has 0 saturated carbocycles. The van der Waals surface area contributed by atoms with Gasteiger partial charge in [-0.2, -0.15) is 0 Å². The van der Waals surface area contributed by atoms with Crippen molar-refractivity contribution in [2.45, 2.75) is 12.8 Å². The first kappa shape index (κ1) is 14.3. The molecule has 1 aliphatic rings. The number of ether oxygens (including phenoxy) is 1. The van der Waals surface area contributed by atoms with Gasteiger partial charge in [0, 0.05) is 25.7 Å². The van der Waals surface area contributed by atoms with E-state index in [4.69, 9.17) is 9.57 Å². The lowest BCUT2D eigenvalue weighted by Gasteiger charge is -2.16. The summed E-state index contributed by atoms with van der Waals surface area (Å²) in [5.74, 6) is 0.458. The zero-order valence-corrected chi connectivity index (χ0v) is 11.7. The average molecular weight is 278 g/mol. The molecule has 6 nitrogen and oxygen atoms in total. The van der Waals surface area contributed by atoms with E-state index in [1.54, 1.807) is 17.0 Å². The molecular formula is C14H18N2O4. The number of amides is 2. The van der Waals surface area contributed by atoms with E-state index < -0.39 is 0 Å². The van der Waals surface area contributed by atoms with Gasteiger partial charge >= 0.3 is 0 Å². The molecule has 0 aromatic heterocycles. The molecule has 0 spiro atoms. The second kappa shape index (κ2) is 6.38. The highest BCUT2D eigenvalue weighted by Crippen LogP contribution is 2.23. The molecular weight excluding hydrogens is 260 g/mol. The Balaban J connectivity index is 1.92. The van der Waals surface area contributed by atoms with E-state index in [-0.39, 0.29) is 18.4 Å². The second-order valence-corrected chi connectivity index (χ2v) is 4.51. The van der Waals surface area contributed by atoms with Gasteiger partial charge in [-0.25, -0.2) is 5.06 Å². The van der Waals surface area contributed by atoms with Gasteiger partial charge in [-0.3, -0.25) is 14.4 Å². The number of hydrogen-bond donors (Lipinski definition) is 0.